The van der Waals surface area contributed by atoms with Crippen molar-refractivity contribution in [1.82, 2.24) is 14.0 Å². The fourth-order valence-electron chi connectivity index (χ4n) is 4.14. The monoisotopic (exact) mass is 344 g/mol. The third-order valence-electron chi connectivity index (χ3n) is 5.44. The minimum atomic E-state index is 0.987. The Morgan fingerprint density at radius 2 is 1.65 bits per heavy atom. The van der Waals surface area contributed by atoms with Crippen molar-refractivity contribution in [1.29, 1.82) is 0 Å². The average Bonchev–Trinajstić information content (AvgIpc) is 3.40. The maximum Gasteiger partial charge on any atom is 0.215 e. The average molecular weight is 344 g/mol. The van der Waals surface area contributed by atoms with Crippen molar-refractivity contribution < 1.29 is 0 Å². The molecule has 3 heterocycles. The number of nitrogens with zero attached hydrogens (tertiary/aromatic N) is 4. The molecule has 4 heteroatoms. The molecule has 1 aliphatic rings. The van der Waals surface area contributed by atoms with Gasteiger partial charge in [0.2, 0.25) is 5.78 Å². The Balaban J connectivity index is 1.58. The highest BCUT2D eigenvalue weighted by Crippen LogP contribution is 2.28. The molecule has 0 saturated carbocycles. The highest BCUT2D eigenvalue weighted by atomic mass is 15.2. The quantitative estimate of drug-likeness (QED) is 0.522. The molecule has 4 aromatic rings. The van der Waals surface area contributed by atoms with Gasteiger partial charge >= 0.3 is 0 Å². The highest BCUT2D eigenvalue weighted by molar-refractivity contribution is 5.82. The Morgan fingerprint density at radius 3 is 2.38 bits per heavy atom. The molecule has 1 aliphatic heterocycles. The van der Waals surface area contributed by atoms with E-state index >= 15 is 0 Å². The molecule has 1 saturated heterocycles. The molecular weight excluding hydrogens is 320 g/mol. The van der Waals surface area contributed by atoms with E-state index < -0.39 is 0 Å². The van der Waals surface area contributed by atoms with Gasteiger partial charge in [-0.2, -0.15) is 0 Å². The van der Waals surface area contributed by atoms with Crippen LogP contribution in [0.3, 0.4) is 0 Å². The van der Waals surface area contributed by atoms with Crippen LogP contribution in [0.4, 0.5) is 5.69 Å². The normalized spacial score (nSPS) is 14.7. The number of aryl methyl sites for hydroxylation is 1. The van der Waals surface area contributed by atoms with Gasteiger partial charge in [-0.1, -0.05) is 31.2 Å². The smallest absolute Gasteiger partial charge is 0.215 e. The zero-order chi connectivity index (χ0) is 17.5. The Hall–Kier alpha value is -2.75. The van der Waals surface area contributed by atoms with Crippen molar-refractivity contribution in [2.24, 2.45) is 0 Å². The van der Waals surface area contributed by atoms with Crippen LogP contribution in [0.5, 0.6) is 0 Å². The number of rotatable bonds is 4. The molecular formula is C22H24N4. The van der Waals surface area contributed by atoms with Crippen molar-refractivity contribution in [3.63, 3.8) is 0 Å². The zero-order valence-corrected chi connectivity index (χ0v) is 15.2. The van der Waals surface area contributed by atoms with Gasteiger partial charge in [-0.3, -0.25) is 4.40 Å². The minimum absolute atomic E-state index is 0.987. The second-order valence-electron chi connectivity index (χ2n) is 7.18. The van der Waals surface area contributed by atoms with Crippen LogP contribution in [-0.2, 0) is 6.54 Å². The number of hydrogen-bond donors (Lipinski definition) is 0. The van der Waals surface area contributed by atoms with Crippen molar-refractivity contribution in [3.05, 3.63) is 54.7 Å². The number of imidazole rings is 2. The lowest BCUT2D eigenvalue weighted by atomic mass is 10.1. The lowest BCUT2D eigenvalue weighted by molar-refractivity contribution is 0.712. The summed E-state index contributed by atoms with van der Waals surface area (Å²) in [5.41, 5.74) is 6.04. The topological polar surface area (TPSA) is 25.5 Å². The van der Waals surface area contributed by atoms with Crippen LogP contribution in [0.2, 0.25) is 0 Å². The van der Waals surface area contributed by atoms with Gasteiger partial charge in [0.1, 0.15) is 0 Å². The molecule has 26 heavy (non-hydrogen) atoms. The first-order valence-electron chi connectivity index (χ1n) is 9.67. The number of anilines is 1. The van der Waals surface area contributed by atoms with Crippen LogP contribution < -0.4 is 4.90 Å². The van der Waals surface area contributed by atoms with E-state index in [1.807, 2.05) is 0 Å². The van der Waals surface area contributed by atoms with Crippen LogP contribution >= 0.6 is 0 Å². The van der Waals surface area contributed by atoms with Crippen molar-refractivity contribution in [2.75, 3.05) is 18.0 Å². The van der Waals surface area contributed by atoms with E-state index in [-0.39, 0.29) is 0 Å². The molecule has 0 bridgehead atoms. The molecule has 132 valence electrons. The van der Waals surface area contributed by atoms with Gasteiger partial charge in [0, 0.05) is 37.1 Å². The van der Waals surface area contributed by atoms with Crippen molar-refractivity contribution in [3.8, 4) is 11.3 Å². The predicted molar refractivity (Wildman–Crippen MR) is 108 cm³/mol. The third-order valence-corrected chi connectivity index (χ3v) is 5.44. The summed E-state index contributed by atoms with van der Waals surface area (Å²) in [7, 11) is 0. The predicted octanol–water partition coefficient (Wildman–Crippen LogP) is 4.97. The first kappa shape index (κ1) is 15.5. The summed E-state index contributed by atoms with van der Waals surface area (Å²) in [6.45, 7) is 5.56. The van der Waals surface area contributed by atoms with Crippen LogP contribution in [0, 0.1) is 0 Å². The SMILES string of the molecule is CCCn1c2ccccc2n2cc(-c3ccc(N4CCCC4)cc3)nc12. The molecule has 1 fully saturated rings. The molecule has 2 aromatic heterocycles. The van der Waals surface area contributed by atoms with E-state index in [0.717, 1.165) is 24.4 Å². The number of fused-ring (bicyclic) bond motifs is 3. The summed E-state index contributed by atoms with van der Waals surface area (Å²) < 4.78 is 4.56. The Labute approximate surface area is 153 Å². The van der Waals surface area contributed by atoms with Crippen LogP contribution in [0.1, 0.15) is 26.2 Å². The summed E-state index contributed by atoms with van der Waals surface area (Å²) >= 11 is 0. The third kappa shape index (κ3) is 2.40. The van der Waals surface area contributed by atoms with E-state index in [9.17, 15) is 0 Å². The van der Waals surface area contributed by atoms with Gasteiger partial charge in [0.05, 0.1) is 16.7 Å². The van der Waals surface area contributed by atoms with Gasteiger partial charge in [0.15, 0.2) is 0 Å². The van der Waals surface area contributed by atoms with Gasteiger partial charge < -0.3 is 9.47 Å². The lowest BCUT2D eigenvalue weighted by Crippen LogP contribution is -2.17. The molecule has 0 aliphatic carbocycles. The summed E-state index contributed by atoms with van der Waals surface area (Å²) in [5.74, 6) is 1.03. The van der Waals surface area contributed by atoms with Crippen LogP contribution in [-0.4, -0.2) is 27.0 Å². The molecule has 2 aromatic carbocycles. The maximum atomic E-state index is 4.98. The molecule has 0 atom stereocenters. The van der Waals surface area contributed by atoms with Gasteiger partial charge in [-0.25, -0.2) is 4.98 Å². The number of para-hydroxylation sites is 2. The first-order chi connectivity index (χ1) is 12.8. The molecule has 0 radical (unpaired) electrons. The molecule has 5 rings (SSSR count). The van der Waals surface area contributed by atoms with E-state index in [1.54, 1.807) is 0 Å². The van der Waals surface area contributed by atoms with Crippen molar-refractivity contribution in [2.45, 2.75) is 32.7 Å². The summed E-state index contributed by atoms with van der Waals surface area (Å²) in [6.07, 6.45) is 5.89. The first-order valence-corrected chi connectivity index (χ1v) is 9.67. The largest absolute Gasteiger partial charge is 0.372 e. The summed E-state index contributed by atoms with van der Waals surface area (Å²) in [4.78, 5) is 7.45. The van der Waals surface area contributed by atoms with E-state index in [1.165, 1.54) is 48.2 Å². The standard InChI is InChI=1S/C22H24N4/c1-2-13-25-20-7-3-4-8-21(20)26-16-19(23-22(25)26)17-9-11-18(12-10-17)24-14-5-6-15-24/h3-4,7-12,16H,2,5-6,13-15H2,1H3. The van der Waals surface area contributed by atoms with E-state index in [0.29, 0.717) is 0 Å². The van der Waals surface area contributed by atoms with Crippen LogP contribution in [0.25, 0.3) is 28.1 Å². The van der Waals surface area contributed by atoms with E-state index in [4.69, 9.17) is 4.98 Å². The molecule has 0 spiro atoms. The number of aromatic nitrogens is 3. The fraction of sp³-hybridized carbons (Fsp3) is 0.318. The van der Waals surface area contributed by atoms with Crippen LogP contribution in [0.15, 0.2) is 54.7 Å². The second kappa shape index (κ2) is 6.20. The molecule has 0 unspecified atom stereocenters. The minimum Gasteiger partial charge on any atom is -0.372 e. The van der Waals surface area contributed by atoms with Gasteiger partial charge in [0.25, 0.3) is 0 Å². The molecule has 4 nitrogen and oxygen atoms in total. The zero-order valence-electron chi connectivity index (χ0n) is 15.2. The highest BCUT2D eigenvalue weighted by Gasteiger charge is 2.15. The molecule has 0 amide bonds. The summed E-state index contributed by atoms with van der Waals surface area (Å²) in [6, 6.07) is 17.5. The summed E-state index contributed by atoms with van der Waals surface area (Å²) in [5, 5.41) is 0. The fourth-order valence-corrected chi connectivity index (χ4v) is 4.14. The number of benzene rings is 2. The Kier molecular flexibility index (Phi) is 3.70. The Bertz CT molecular complexity index is 1050. The Morgan fingerprint density at radius 1 is 0.923 bits per heavy atom. The van der Waals surface area contributed by atoms with Gasteiger partial charge in [-0.15, -0.1) is 0 Å². The lowest BCUT2D eigenvalue weighted by Gasteiger charge is -2.17. The number of hydrogen-bond acceptors (Lipinski definition) is 2. The maximum absolute atomic E-state index is 4.98. The van der Waals surface area contributed by atoms with Gasteiger partial charge in [-0.05, 0) is 43.5 Å². The van der Waals surface area contributed by atoms with Crippen molar-refractivity contribution >= 4 is 22.5 Å². The second-order valence-corrected chi connectivity index (χ2v) is 7.18. The molecule has 0 N–H and O–H groups in total. The van der Waals surface area contributed by atoms with E-state index in [2.05, 4.69) is 75.5 Å².